The molecule has 0 spiro atoms. The molecular weight excluding hydrogens is 457 g/mol. The second kappa shape index (κ2) is 11.1. The van der Waals surface area contributed by atoms with Gasteiger partial charge in [0.05, 0.1) is 17.7 Å². The second-order valence-corrected chi connectivity index (χ2v) is 8.57. The Labute approximate surface area is 224 Å². The number of carboxylic acids is 1. The summed E-state index contributed by atoms with van der Waals surface area (Å²) in [7, 11) is 3.86. The monoisotopic (exact) mass is 479 g/mol. The van der Waals surface area contributed by atoms with Crippen LogP contribution in [-0.4, -0.2) is 34.6 Å². The topological polar surface area (TPSA) is 86.2 Å². The third-order valence-corrected chi connectivity index (χ3v) is 6.00. The maximum atomic E-state index is 13.6. The Balaban J connectivity index is 0.00000324. The van der Waals surface area contributed by atoms with Gasteiger partial charge in [0.25, 0.3) is 0 Å². The quantitative estimate of drug-likeness (QED) is 0.220. The Kier molecular flexibility index (Phi) is 8.38. The summed E-state index contributed by atoms with van der Waals surface area (Å²) < 4.78 is 8.39. The predicted octanol–water partition coefficient (Wildman–Crippen LogP) is 0.699. The van der Waals surface area contributed by atoms with Crippen LogP contribution in [0.2, 0.25) is 0 Å². The molecule has 1 heterocycles. The van der Waals surface area contributed by atoms with E-state index in [0.717, 1.165) is 28.5 Å². The minimum atomic E-state index is -1.41. The molecule has 0 amide bonds. The van der Waals surface area contributed by atoms with Crippen molar-refractivity contribution in [1.82, 2.24) is 8.75 Å². The van der Waals surface area contributed by atoms with Crippen LogP contribution in [0.1, 0.15) is 27.0 Å². The number of carbonyl (C=O) groups excluding carboxylic acids is 2. The third kappa shape index (κ3) is 5.62. The van der Waals surface area contributed by atoms with E-state index in [1.165, 1.54) is 0 Å². The van der Waals surface area contributed by atoms with E-state index in [2.05, 4.69) is 8.75 Å². The number of carbonyl (C=O) groups is 2. The summed E-state index contributed by atoms with van der Waals surface area (Å²) in [5.74, 6) is -1.75. The van der Waals surface area contributed by atoms with Crippen LogP contribution in [0.4, 0.5) is 5.69 Å². The van der Waals surface area contributed by atoms with Crippen molar-refractivity contribution in [3.8, 4) is 0 Å². The van der Waals surface area contributed by atoms with E-state index in [1.54, 1.807) is 30.3 Å². The molecule has 0 N–H and O–H groups in total. The van der Waals surface area contributed by atoms with E-state index in [0.29, 0.717) is 22.2 Å². The summed E-state index contributed by atoms with van der Waals surface area (Å²) >= 11 is 1.05. The van der Waals surface area contributed by atoms with Gasteiger partial charge in [0.2, 0.25) is 0 Å². The van der Waals surface area contributed by atoms with Gasteiger partial charge in [-0.25, -0.2) is 0 Å². The molecule has 0 aliphatic carbocycles. The Morgan fingerprint density at radius 3 is 2.26 bits per heavy atom. The van der Waals surface area contributed by atoms with Crippen LogP contribution in [0.5, 0.6) is 0 Å². The number of Topliss-reactive ketones (excluding diaryl/α,β-unsaturated/α-hetero) is 1. The summed E-state index contributed by atoms with van der Waals surface area (Å²) in [5, 5.41) is 12.4. The number of carboxylic acid groups (broad SMARTS) is 1. The van der Waals surface area contributed by atoms with Gasteiger partial charge in [-0.05, 0) is 42.3 Å². The number of anilines is 1. The Morgan fingerprint density at radius 2 is 1.59 bits per heavy atom. The first-order valence-corrected chi connectivity index (χ1v) is 11.1. The van der Waals surface area contributed by atoms with Crippen molar-refractivity contribution in [3.63, 3.8) is 0 Å². The van der Waals surface area contributed by atoms with Crippen molar-refractivity contribution in [1.29, 1.82) is 0 Å². The van der Waals surface area contributed by atoms with E-state index in [1.807, 2.05) is 62.3 Å². The molecule has 4 rings (SSSR count). The van der Waals surface area contributed by atoms with Crippen molar-refractivity contribution >= 4 is 45.8 Å². The van der Waals surface area contributed by atoms with Gasteiger partial charge >= 0.3 is 29.6 Å². The maximum absolute atomic E-state index is 13.6. The van der Waals surface area contributed by atoms with Gasteiger partial charge in [0.1, 0.15) is 11.0 Å². The van der Waals surface area contributed by atoms with Crippen LogP contribution in [0.3, 0.4) is 0 Å². The van der Waals surface area contributed by atoms with Crippen molar-refractivity contribution in [2.75, 3.05) is 19.0 Å². The summed E-state index contributed by atoms with van der Waals surface area (Å²) in [6.07, 6.45) is 0.144. The SMILES string of the molecule is Cc1ccc(C(=O)C(Cc2cccc(N(C)C)c2)=C(C(=O)[O-])c2ccc3nsnc3c2)cc1.[Na+]. The van der Waals surface area contributed by atoms with E-state index >= 15 is 0 Å². The van der Waals surface area contributed by atoms with Crippen molar-refractivity contribution < 1.29 is 44.3 Å². The number of rotatable bonds is 7. The molecule has 8 heteroatoms. The molecule has 0 saturated heterocycles. The molecular formula is C26H22N3NaO3S. The molecule has 3 aromatic carbocycles. The normalized spacial score (nSPS) is 11.5. The van der Waals surface area contributed by atoms with Crippen LogP contribution >= 0.6 is 11.7 Å². The van der Waals surface area contributed by atoms with Crippen molar-refractivity contribution in [3.05, 3.63) is 94.6 Å². The average molecular weight is 480 g/mol. The molecule has 0 saturated carbocycles. The first-order chi connectivity index (χ1) is 15.8. The van der Waals surface area contributed by atoms with Gasteiger partial charge in [-0.2, -0.15) is 8.75 Å². The van der Waals surface area contributed by atoms with Gasteiger partial charge < -0.3 is 14.8 Å². The number of ketones is 1. The molecule has 0 aliphatic heterocycles. The fourth-order valence-corrected chi connectivity index (χ4v) is 4.18. The van der Waals surface area contributed by atoms with E-state index in [-0.39, 0.29) is 52.9 Å². The molecule has 34 heavy (non-hydrogen) atoms. The number of benzene rings is 3. The molecule has 0 aliphatic rings. The van der Waals surface area contributed by atoms with Crippen molar-refractivity contribution in [2.24, 2.45) is 0 Å². The fraction of sp³-hybridized carbons (Fsp3) is 0.154. The summed E-state index contributed by atoms with van der Waals surface area (Å²) in [4.78, 5) is 28.0. The van der Waals surface area contributed by atoms with E-state index in [4.69, 9.17) is 0 Å². The Hall–Kier alpha value is -2.84. The second-order valence-electron chi connectivity index (χ2n) is 8.04. The predicted molar refractivity (Wildman–Crippen MR) is 129 cm³/mol. The number of aliphatic carboxylic acids is 1. The van der Waals surface area contributed by atoms with Crippen LogP contribution in [0.25, 0.3) is 16.6 Å². The van der Waals surface area contributed by atoms with Gasteiger partial charge in [-0.15, -0.1) is 0 Å². The summed E-state index contributed by atoms with van der Waals surface area (Å²) in [6.45, 7) is 1.93. The number of allylic oxidation sites excluding steroid dienone is 1. The first-order valence-electron chi connectivity index (χ1n) is 10.4. The van der Waals surface area contributed by atoms with Crippen LogP contribution in [0, 0.1) is 6.92 Å². The molecule has 166 valence electrons. The molecule has 0 bridgehead atoms. The van der Waals surface area contributed by atoms with Gasteiger partial charge in [-0.1, -0.05) is 48.0 Å². The van der Waals surface area contributed by atoms with E-state index < -0.39 is 5.97 Å². The van der Waals surface area contributed by atoms with Gasteiger partial charge in [-0.3, -0.25) is 4.79 Å². The zero-order valence-electron chi connectivity index (χ0n) is 19.5. The smallest absolute Gasteiger partial charge is 0.545 e. The maximum Gasteiger partial charge on any atom is 1.00 e. The number of aryl methyl sites for hydroxylation is 1. The number of hydrogen-bond donors (Lipinski definition) is 0. The van der Waals surface area contributed by atoms with Gasteiger partial charge in [0, 0.05) is 42.9 Å². The fourth-order valence-electron chi connectivity index (χ4n) is 3.66. The number of nitrogens with zero attached hydrogens (tertiary/aromatic N) is 3. The first kappa shape index (κ1) is 25.8. The molecule has 1 aromatic heterocycles. The minimum Gasteiger partial charge on any atom is -0.545 e. The minimum absolute atomic E-state index is 0. The van der Waals surface area contributed by atoms with E-state index in [9.17, 15) is 14.7 Å². The molecule has 0 fully saturated rings. The number of fused-ring (bicyclic) bond motifs is 1. The van der Waals surface area contributed by atoms with Gasteiger partial charge in [0.15, 0.2) is 5.78 Å². The van der Waals surface area contributed by atoms with Crippen LogP contribution in [-0.2, 0) is 11.2 Å². The zero-order chi connectivity index (χ0) is 23.5. The molecule has 0 atom stereocenters. The van der Waals surface area contributed by atoms with Crippen LogP contribution in [0.15, 0.2) is 72.3 Å². The summed E-state index contributed by atoms with van der Waals surface area (Å²) in [5.41, 5.74) is 4.87. The number of aromatic nitrogens is 2. The standard InChI is InChI=1S/C26H23N3O3S.Na/c1-16-7-9-18(10-8-16)25(30)21(14-17-5-4-6-20(13-17)29(2)3)24(26(31)32)19-11-12-22-23(15-19)28-33-27-22;/h4-13,15H,14H2,1-3H3,(H,31,32);/q;+1/p-1. The van der Waals surface area contributed by atoms with Crippen molar-refractivity contribution in [2.45, 2.75) is 13.3 Å². The van der Waals surface area contributed by atoms with Crippen LogP contribution < -0.4 is 39.6 Å². The zero-order valence-corrected chi connectivity index (χ0v) is 22.3. The molecule has 0 radical (unpaired) electrons. The molecule has 4 aromatic rings. The largest absolute Gasteiger partial charge is 1.00 e. The summed E-state index contributed by atoms with van der Waals surface area (Å²) in [6, 6.07) is 19.8. The average Bonchev–Trinajstić information content (AvgIpc) is 3.27. The number of hydrogen-bond acceptors (Lipinski definition) is 7. The Bertz CT molecular complexity index is 1380. The Morgan fingerprint density at radius 1 is 0.912 bits per heavy atom. The third-order valence-electron chi connectivity index (χ3n) is 5.44. The molecule has 0 unspecified atom stereocenters. The molecule has 6 nitrogen and oxygen atoms in total.